The molecule has 0 fully saturated rings. The van der Waals surface area contributed by atoms with Crippen LogP contribution in [0.25, 0.3) is 0 Å². The van der Waals surface area contributed by atoms with Gasteiger partial charge in [0, 0.05) is 19.5 Å². The van der Waals surface area contributed by atoms with E-state index in [1.54, 1.807) is 13.8 Å². The summed E-state index contributed by atoms with van der Waals surface area (Å²) < 4.78 is 0. The second-order valence-corrected chi connectivity index (χ2v) is 4.52. The van der Waals surface area contributed by atoms with E-state index in [4.69, 9.17) is 5.11 Å². The molecule has 0 rings (SSSR count). The molecule has 1 amide bonds. The third-order valence-corrected chi connectivity index (χ3v) is 2.06. The molecule has 0 unspecified atom stereocenters. The molecule has 0 aliphatic rings. The Hall–Kier alpha value is -1.10. The molecule has 0 saturated heterocycles. The first-order chi connectivity index (χ1) is 6.75. The van der Waals surface area contributed by atoms with E-state index in [1.165, 1.54) is 0 Å². The van der Waals surface area contributed by atoms with Crippen molar-refractivity contribution in [1.29, 1.82) is 0 Å². The van der Waals surface area contributed by atoms with E-state index in [1.807, 2.05) is 19.0 Å². The highest BCUT2D eigenvalue weighted by atomic mass is 16.4. The van der Waals surface area contributed by atoms with E-state index in [0.29, 0.717) is 6.54 Å². The van der Waals surface area contributed by atoms with Gasteiger partial charge in [-0.2, -0.15) is 0 Å². The van der Waals surface area contributed by atoms with Gasteiger partial charge in [0.25, 0.3) is 0 Å². The van der Waals surface area contributed by atoms with E-state index >= 15 is 0 Å². The zero-order valence-corrected chi connectivity index (χ0v) is 9.83. The average molecular weight is 216 g/mol. The molecule has 0 aromatic carbocycles. The van der Waals surface area contributed by atoms with Crippen LogP contribution in [0.15, 0.2) is 0 Å². The Morgan fingerprint density at radius 1 is 1.33 bits per heavy atom. The summed E-state index contributed by atoms with van der Waals surface area (Å²) in [5.41, 5.74) is -0.998. The summed E-state index contributed by atoms with van der Waals surface area (Å²) >= 11 is 0. The molecule has 2 N–H and O–H groups in total. The second kappa shape index (κ2) is 5.70. The van der Waals surface area contributed by atoms with Crippen molar-refractivity contribution in [2.45, 2.75) is 20.3 Å². The number of carbonyl (C=O) groups is 2. The van der Waals surface area contributed by atoms with Gasteiger partial charge in [-0.15, -0.1) is 0 Å². The molecule has 0 saturated carbocycles. The van der Waals surface area contributed by atoms with Gasteiger partial charge in [-0.25, -0.2) is 0 Å². The Kier molecular flexibility index (Phi) is 5.28. The maximum Gasteiger partial charge on any atom is 0.309 e. The predicted octanol–water partition coefficient (Wildman–Crippen LogP) is 0.165. The van der Waals surface area contributed by atoms with Crippen molar-refractivity contribution in [3.05, 3.63) is 0 Å². The lowest BCUT2D eigenvalue weighted by Gasteiger charge is -2.18. The first-order valence-electron chi connectivity index (χ1n) is 4.90. The summed E-state index contributed by atoms with van der Waals surface area (Å²) in [5.74, 6) is -1.17. The molecule has 0 radical (unpaired) electrons. The van der Waals surface area contributed by atoms with Gasteiger partial charge >= 0.3 is 5.97 Å². The number of hydrogen-bond acceptors (Lipinski definition) is 3. The number of carboxylic acids is 1. The summed E-state index contributed by atoms with van der Waals surface area (Å²) in [4.78, 5) is 24.0. The standard InChI is InChI=1S/C10H20N2O3/c1-10(2,9(14)15)7-8(13)11-5-6-12(3)4/h5-7H2,1-4H3,(H,11,13)(H,14,15). The second-order valence-electron chi connectivity index (χ2n) is 4.52. The minimum Gasteiger partial charge on any atom is -0.481 e. The van der Waals surface area contributed by atoms with Crippen LogP contribution in [0.1, 0.15) is 20.3 Å². The molecule has 5 nitrogen and oxygen atoms in total. The summed E-state index contributed by atoms with van der Waals surface area (Å²) in [7, 11) is 3.82. The molecule has 0 aromatic heterocycles. The maximum atomic E-state index is 11.4. The molecular weight excluding hydrogens is 196 g/mol. The molecule has 0 spiro atoms. The Morgan fingerprint density at radius 3 is 2.27 bits per heavy atom. The normalized spacial score (nSPS) is 11.5. The van der Waals surface area contributed by atoms with Gasteiger partial charge in [0.1, 0.15) is 0 Å². The topological polar surface area (TPSA) is 69.6 Å². The number of amides is 1. The Morgan fingerprint density at radius 2 is 1.87 bits per heavy atom. The number of carbonyl (C=O) groups excluding carboxylic acids is 1. The van der Waals surface area contributed by atoms with Crippen LogP contribution in [0.3, 0.4) is 0 Å². The highest BCUT2D eigenvalue weighted by Crippen LogP contribution is 2.19. The van der Waals surface area contributed by atoms with Gasteiger partial charge in [-0.1, -0.05) is 0 Å². The first-order valence-corrected chi connectivity index (χ1v) is 4.90. The van der Waals surface area contributed by atoms with Gasteiger partial charge in [0.05, 0.1) is 5.41 Å². The van der Waals surface area contributed by atoms with E-state index in [9.17, 15) is 9.59 Å². The monoisotopic (exact) mass is 216 g/mol. The van der Waals surface area contributed by atoms with Crippen molar-refractivity contribution < 1.29 is 14.7 Å². The first kappa shape index (κ1) is 13.9. The van der Waals surface area contributed by atoms with Crippen LogP contribution >= 0.6 is 0 Å². The number of rotatable bonds is 6. The minimum atomic E-state index is -0.998. The van der Waals surface area contributed by atoms with Crippen molar-refractivity contribution in [3.8, 4) is 0 Å². The summed E-state index contributed by atoms with van der Waals surface area (Å²) in [5, 5.41) is 11.5. The Balaban J connectivity index is 3.89. The van der Waals surface area contributed by atoms with Crippen molar-refractivity contribution in [3.63, 3.8) is 0 Å². The zero-order valence-electron chi connectivity index (χ0n) is 9.83. The maximum absolute atomic E-state index is 11.4. The largest absolute Gasteiger partial charge is 0.481 e. The number of aliphatic carboxylic acids is 1. The van der Waals surface area contributed by atoms with E-state index in [2.05, 4.69) is 5.32 Å². The molecule has 5 heteroatoms. The Bertz CT molecular complexity index is 237. The van der Waals surface area contributed by atoms with Crippen molar-refractivity contribution in [2.24, 2.45) is 5.41 Å². The van der Waals surface area contributed by atoms with Gasteiger partial charge < -0.3 is 15.3 Å². The van der Waals surface area contributed by atoms with Crippen LogP contribution in [0.5, 0.6) is 0 Å². The van der Waals surface area contributed by atoms with Gasteiger partial charge in [0.15, 0.2) is 0 Å². The molecule has 0 bridgehead atoms. The third-order valence-electron chi connectivity index (χ3n) is 2.06. The fraction of sp³-hybridized carbons (Fsp3) is 0.800. The lowest BCUT2D eigenvalue weighted by atomic mass is 9.89. The summed E-state index contributed by atoms with van der Waals surface area (Å²) in [6, 6.07) is 0. The molecule has 0 aromatic rings. The number of nitrogens with one attached hydrogen (secondary N) is 1. The molecule has 0 atom stereocenters. The number of nitrogens with zero attached hydrogens (tertiary/aromatic N) is 1. The smallest absolute Gasteiger partial charge is 0.309 e. The SMILES string of the molecule is CN(C)CCNC(=O)CC(C)(C)C(=O)O. The van der Waals surface area contributed by atoms with Crippen LogP contribution in [0.4, 0.5) is 0 Å². The van der Waals surface area contributed by atoms with E-state index < -0.39 is 11.4 Å². The van der Waals surface area contributed by atoms with Gasteiger partial charge in [-0.3, -0.25) is 9.59 Å². The van der Waals surface area contributed by atoms with Crippen molar-refractivity contribution in [2.75, 3.05) is 27.2 Å². The van der Waals surface area contributed by atoms with Crippen LogP contribution < -0.4 is 5.32 Å². The highest BCUT2D eigenvalue weighted by Gasteiger charge is 2.29. The quantitative estimate of drug-likeness (QED) is 0.664. The lowest BCUT2D eigenvalue weighted by Crippen LogP contribution is -2.36. The molecule has 0 heterocycles. The minimum absolute atomic E-state index is 0.00968. The Labute approximate surface area is 90.5 Å². The van der Waals surface area contributed by atoms with Gasteiger partial charge in [0.2, 0.25) is 5.91 Å². The summed E-state index contributed by atoms with van der Waals surface area (Å²) in [6.07, 6.45) is 0.00968. The molecule has 0 aliphatic heterocycles. The number of carboxylic acid groups (broad SMARTS) is 1. The lowest BCUT2D eigenvalue weighted by molar-refractivity contribution is -0.149. The highest BCUT2D eigenvalue weighted by molar-refractivity contribution is 5.84. The fourth-order valence-corrected chi connectivity index (χ4v) is 0.958. The van der Waals surface area contributed by atoms with Gasteiger partial charge in [-0.05, 0) is 27.9 Å². The predicted molar refractivity (Wildman–Crippen MR) is 57.6 cm³/mol. The van der Waals surface area contributed by atoms with Crippen LogP contribution in [-0.4, -0.2) is 49.1 Å². The molecule has 0 aliphatic carbocycles. The average Bonchev–Trinajstić information content (AvgIpc) is 2.01. The van der Waals surface area contributed by atoms with E-state index in [0.717, 1.165) is 6.54 Å². The number of hydrogen-bond donors (Lipinski definition) is 2. The van der Waals surface area contributed by atoms with Crippen molar-refractivity contribution in [1.82, 2.24) is 10.2 Å². The zero-order chi connectivity index (χ0) is 12.1. The third kappa shape index (κ3) is 6.06. The van der Waals surface area contributed by atoms with Crippen molar-refractivity contribution >= 4 is 11.9 Å². The molecule has 15 heavy (non-hydrogen) atoms. The molecule has 88 valence electrons. The fourth-order valence-electron chi connectivity index (χ4n) is 0.958. The van der Waals surface area contributed by atoms with E-state index in [-0.39, 0.29) is 12.3 Å². The molecular formula is C10H20N2O3. The number of likely N-dealkylation sites (N-methyl/N-ethyl adjacent to an activating group) is 1. The summed E-state index contributed by atoms with van der Waals surface area (Å²) in [6.45, 7) is 4.38. The van der Waals surface area contributed by atoms with Crippen LogP contribution in [-0.2, 0) is 9.59 Å². The van der Waals surface area contributed by atoms with Crippen LogP contribution in [0.2, 0.25) is 0 Å². The van der Waals surface area contributed by atoms with Crippen LogP contribution in [0, 0.1) is 5.41 Å².